The van der Waals surface area contributed by atoms with E-state index in [1.807, 2.05) is 19.1 Å². The van der Waals surface area contributed by atoms with Crippen LogP contribution >= 0.6 is 15.9 Å². The lowest BCUT2D eigenvalue weighted by atomic mass is 9.94. The number of nitrogens with zero attached hydrogens (tertiary/aromatic N) is 2. The van der Waals surface area contributed by atoms with Crippen molar-refractivity contribution < 1.29 is 18.8 Å². The minimum atomic E-state index is -0.985. The van der Waals surface area contributed by atoms with Crippen LogP contribution in [-0.2, 0) is 14.4 Å². The number of imide groups is 1. The fraction of sp³-hybridized carbons (Fsp3) is 0.167. The second-order valence-electron chi connectivity index (χ2n) is 5.95. The Bertz CT molecular complexity index is 926. The number of aryl methyl sites for hydroxylation is 1. The number of carbonyl (C=O) groups is 2. The van der Waals surface area contributed by atoms with Crippen LogP contribution in [-0.4, -0.2) is 23.6 Å². The maximum Gasteiger partial charge on any atom is 0.279 e. The molecule has 2 aliphatic rings. The van der Waals surface area contributed by atoms with E-state index in [0.29, 0.717) is 21.4 Å². The summed E-state index contributed by atoms with van der Waals surface area (Å²) in [7, 11) is 0. The van der Waals surface area contributed by atoms with Gasteiger partial charge in [0.1, 0.15) is 17.4 Å². The number of anilines is 1. The highest BCUT2D eigenvalue weighted by Gasteiger charge is 2.56. The number of rotatable bonds is 2. The lowest BCUT2D eigenvalue weighted by Crippen LogP contribution is -2.33. The number of fused-ring (bicyclic) bond motifs is 1. The van der Waals surface area contributed by atoms with Gasteiger partial charge in [-0.15, -0.1) is 0 Å². The number of benzene rings is 2. The molecule has 126 valence electrons. The van der Waals surface area contributed by atoms with Gasteiger partial charge < -0.3 is 4.84 Å². The lowest BCUT2D eigenvalue weighted by Gasteiger charge is -2.17. The van der Waals surface area contributed by atoms with E-state index in [-0.39, 0.29) is 5.82 Å². The minimum Gasteiger partial charge on any atom is -0.381 e. The normalized spacial score (nSPS) is 22.0. The number of hydrogen-bond donors (Lipinski definition) is 0. The van der Waals surface area contributed by atoms with E-state index in [0.717, 1.165) is 10.5 Å². The number of amides is 2. The summed E-state index contributed by atoms with van der Waals surface area (Å²) in [6.45, 7) is 1.92. The molecule has 2 atom stereocenters. The molecule has 2 aliphatic heterocycles. The van der Waals surface area contributed by atoms with E-state index in [1.165, 1.54) is 24.3 Å². The molecule has 0 unspecified atom stereocenters. The van der Waals surface area contributed by atoms with E-state index in [1.54, 1.807) is 6.07 Å². The smallest absolute Gasteiger partial charge is 0.279 e. The average molecular weight is 403 g/mol. The molecule has 0 N–H and O–H groups in total. The van der Waals surface area contributed by atoms with Crippen molar-refractivity contribution in [3.05, 3.63) is 63.9 Å². The highest BCUT2D eigenvalue weighted by Crippen LogP contribution is 2.38. The van der Waals surface area contributed by atoms with Gasteiger partial charge in [-0.3, -0.25) is 9.59 Å². The molecule has 0 aromatic heterocycles. The zero-order valence-electron chi connectivity index (χ0n) is 13.1. The lowest BCUT2D eigenvalue weighted by molar-refractivity contribution is -0.126. The third kappa shape index (κ3) is 2.46. The first kappa shape index (κ1) is 16.0. The van der Waals surface area contributed by atoms with Crippen LogP contribution in [0.1, 0.15) is 11.1 Å². The molecule has 5 nitrogen and oxygen atoms in total. The number of halogens is 2. The first-order valence-corrected chi connectivity index (χ1v) is 8.40. The van der Waals surface area contributed by atoms with Crippen molar-refractivity contribution >= 4 is 39.1 Å². The Morgan fingerprint density at radius 1 is 1.12 bits per heavy atom. The van der Waals surface area contributed by atoms with Crippen LogP contribution < -0.4 is 4.90 Å². The Hall–Kier alpha value is -2.54. The second kappa shape index (κ2) is 5.77. The van der Waals surface area contributed by atoms with Crippen molar-refractivity contribution in [3.8, 4) is 0 Å². The highest BCUT2D eigenvalue weighted by atomic mass is 79.9. The SMILES string of the molecule is Cc1ccc(N2C(=O)[C@H]3C(c4ccc(F)cc4)=NO[C@@H]3C2=O)c(Br)c1. The third-order valence-electron chi connectivity index (χ3n) is 4.30. The molecular formula is C18H12BrFN2O3. The van der Waals surface area contributed by atoms with Gasteiger partial charge in [-0.05, 0) is 52.7 Å². The molecule has 1 saturated heterocycles. The van der Waals surface area contributed by atoms with E-state index in [4.69, 9.17) is 4.84 Å². The van der Waals surface area contributed by atoms with Crippen LogP contribution in [0.25, 0.3) is 0 Å². The van der Waals surface area contributed by atoms with Crippen LogP contribution in [0.15, 0.2) is 52.1 Å². The van der Waals surface area contributed by atoms with Gasteiger partial charge in [0.2, 0.25) is 12.0 Å². The molecule has 2 aromatic rings. The fourth-order valence-electron chi connectivity index (χ4n) is 3.07. The van der Waals surface area contributed by atoms with Crippen LogP contribution in [0, 0.1) is 18.7 Å². The predicted octanol–water partition coefficient (Wildman–Crippen LogP) is 3.19. The molecule has 4 rings (SSSR count). The molecule has 0 aliphatic carbocycles. The zero-order valence-corrected chi connectivity index (χ0v) is 14.7. The molecule has 0 bridgehead atoms. The van der Waals surface area contributed by atoms with Gasteiger partial charge in [0, 0.05) is 10.0 Å². The minimum absolute atomic E-state index is 0.342. The summed E-state index contributed by atoms with van der Waals surface area (Å²) in [6.07, 6.45) is -0.985. The van der Waals surface area contributed by atoms with E-state index in [2.05, 4.69) is 21.1 Å². The van der Waals surface area contributed by atoms with E-state index >= 15 is 0 Å². The number of hydrogen-bond acceptors (Lipinski definition) is 4. The Morgan fingerprint density at radius 2 is 1.84 bits per heavy atom. The Kier molecular flexibility index (Phi) is 3.68. The summed E-state index contributed by atoms with van der Waals surface area (Å²) in [4.78, 5) is 32.0. The van der Waals surface area contributed by atoms with Gasteiger partial charge in [0.25, 0.3) is 5.91 Å². The van der Waals surface area contributed by atoms with Crippen LogP contribution in [0.5, 0.6) is 0 Å². The van der Waals surface area contributed by atoms with Gasteiger partial charge >= 0.3 is 0 Å². The summed E-state index contributed by atoms with van der Waals surface area (Å²) >= 11 is 3.40. The highest BCUT2D eigenvalue weighted by molar-refractivity contribution is 9.10. The van der Waals surface area contributed by atoms with Crippen molar-refractivity contribution in [1.29, 1.82) is 0 Å². The molecule has 7 heteroatoms. The van der Waals surface area contributed by atoms with Gasteiger partial charge in [0.15, 0.2) is 0 Å². The predicted molar refractivity (Wildman–Crippen MR) is 92.7 cm³/mol. The number of carbonyl (C=O) groups excluding carboxylic acids is 2. The third-order valence-corrected chi connectivity index (χ3v) is 4.93. The Morgan fingerprint density at radius 3 is 2.52 bits per heavy atom. The van der Waals surface area contributed by atoms with Gasteiger partial charge in [-0.1, -0.05) is 23.4 Å². The fourth-order valence-corrected chi connectivity index (χ4v) is 3.74. The van der Waals surface area contributed by atoms with E-state index < -0.39 is 23.8 Å². The second-order valence-corrected chi connectivity index (χ2v) is 6.81. The van der Waals surface area contributed by atoms with Gasteiger partial charge in [-0.25, -0.2) is 9.29 Å². The summed E-state index contributed by atoms with van der Waals surface area (Å²) in [5, 5.41) is 3.90. The van der Waals surface area contributed by atoms with Crippen molar-refractivity contribution in [2.45, 2.75) is 13.0 Å². The van der Waals surface area contributed by atoms with Gasteiger partial charge in [-0.2, -0.15) is 0 Å². The summed E-state index contributed by atoms with van der Waals surface area (Å²) < 4.78 is 13.8. The van der Waals surface area contributed by atoms with Crippen molar-refractivity contribution in [2.75, 3.05) is 4.90 Å². The maximum absolute atomic E-state index is 13.1. The first-order chi connectivity index (χ1) is 12.0. The van der Waals surface area contributed by atoms with Gasteiger partial charge in [0.05, 0.1) is 5.69 Å². The summed E-state index contributed by atoms with van der Waals surface area (Å²) in [5.41, 5.74) is 2.37. The summed E-state index contributed by atoms with van der Waals surface area (Å²) in [5.74, 6) is -2.08. The molecular weight excluding hydrogens is 391 g/mol. The van der Waals surface area contributed by atoms with Crippen molar-refractivity contribution in [2.24, 2.45) is 11.1 Å². The molecule has 2 heterocycles. The van der Waals surface area contributed by atoms with Crippen molar-refractivity contribution in [1.82, 2.24) is 0 Å². The molecule has 2 aromatic carbocycles. The zero-order chi connectivity index (χ0) is 17.7. The monoisotopic (exact) mass is 402 g/mol. The first-order valence-electron chi connectivity index (χ1n) is 7.61. The largest absolute Gasteiger partial charge is 0.381 e. The molecule has 1 fully saturated rings. The molecule has 0 radical (unpaired) electrons. The summed E-state index contributed by atoms with van der Waals surface area (Å²) in [6, 6.07) is 11.0. The average Bonchev–Trinajstić information content (AvgIpc) is 3.11. The van der Waals surface area contributed by atoms with E-state index in [9.17, 15) is 14.0 Å². The Labute approximate surface area is 151 Å². The Balaban J connectivity index is 1.72. The van der Waals surface area contributed by atoms with Crippen LogP contribution in [0.3, 0.4) is 0 Å². The van der Waals surface area contributed by atoms with Crippen molar-refractivity contribution in [3.63, 3.8) is 0 Å². The quantitative estimate of drug-likeness (QED) is 0.724. The molecule has 25 heavy (non-hydrogen) atoms. The molecule has 0 saturated carbocycles. The standard InChI is InChI=1S/C18H12BrFN2O3/c1-9-2-7-13(12(19)8-9)22-17(23)14-15(21-25-16(14)18(22)24)10-3-5-11(20)6-4-10/h2-8,14,16H,1H3/t14-,16-/m0/s1. The topological polar surface area (TPSA) is 59.0 Å². The van der Waals surface area contributed by atoms with Crippen LogP contribution in [0.4, 0.5) is 10.1 Å². The molecule has 2 amide bonds. The van der Waals surface area contributed by atoms with Crippen LogP contribution in [0.2, 0.25) is 0 Å². The maximum atomic E-state index is 13.1. The number of oxime groups is 1. The molecule has 0 spiro atoms.